The number of amides is 2. The molecule has 118 valence electrons. The lowest BCUT2D eigenvalue weighted by Gasteiger charge is -2.15. The summed E-state index contributed by atoms with van der Waals surface area (Å²) in [6, 6.07) is 6.43. The zero-order chi connectivity index (χ0) is 16.1. The second-order valence-corrected chi connectivity index (χ2v) is 7.06. The summed E-state index contributed by atoms with van der Waals surface area (Å²) in [7, 11) is 0. The van der Waals surface area contributed by atoms with Crippen molar-refractivity contribution in [3.8, 4) is 0 Å². The van der Waals surface area contributed by atoms with Crippen molar-refractivity contribution in [2.24, 2.45) is 23.7 Å². The fourth-order valence-electron chi connectivity index (χ4n) is 3.67. The Morgan fingerprint density at radius 3 is 2.17 bits per heavy atom. The highest BCUT2D eigenvalue weighted by Gasteiger charge is 2.60. The number of imide groups is 1. The summed E-state index contributed by atoms with van der Waals surface area (Å²) in [5, 5.41) is 0.357. The molecule has 3 aliphatic rings. The Kier molecular flexibility index (Phi) is 3.55. The number of hydroxylamine groups is 2. The van der Waals surface area contributed by atoms with Crippen molar-refractivity contribution in [2.75, 3.05) is 0 Å². The van der Waals surface area contributed by atoms with Gasteiger partial charge in [-0.3, -0.25) is 14.4 Å². The maximum absolute atomic E-state index is 12.4. The highest BCUT2D eigenvalue weighted by molar-refractivity contribution is 7.94. The largest absolute Gasteiger partial charge is 0.276 e. The molecular weight excluding hydrogens is 338 g/mol. The van der Waals surface area contributed by atoms with Crippen LogP contribution in [0.1, 0.15) is 16.8 Å². The smallest absolute Gasteiger partial charge is 0.259 e. The minimum absolute atomic E-state index is 0.161. The molecule has 1 saturated carbocycles. The van der Waals surface area contributed by atoms with Crippen molar-refractivity contribution in [3.63, 3.8) is 0 Å². The monoisotopic (exact) mass is 349 g/mol. The molecule has 2 fully saturated rings. The van der Waals surface area contributed by atoms with Gasteiger partial charge in [0, 0.05) is 10.5 Å². The first-order chi connectivity index (χ1) is 11.1. The lowest BCUT2D eigenvalue weighted by atomic mass is 9.85. The van der Waals surface area contributed by atoms with E-state index in [-0.39, 0.29) is 35.5 Å². The lowest BCUT2D eigenvalue weighted by molar-refractivity contribution is -0.164. The van der Waals surface area contributed by atoms with Crippen LogP contribution in [-0.2, 0) is 13.9 Å². The van der Waals surface area contributed by atoms with Crippen LogP contribution in [0.5, 0.6) is 0 Å². The van der Waals surface area contributed by atoms with E-state index in [2.05, 4.69) is 0 Å². The standard InChI is InChI=1S/C16H12ClNO4S/c17-14(19)8-3-5-11(6-4-8)23-22-18-15(20)12-9-1-2-10(7-9)13(12)16(18)21/h1-6,9-10,12-13H,7H2. The van der Waals surface area contributed by atoms with Gasteiger partial charge in [-0.2, -0.15) is 4.28 Å². The number of hydrogen-bond acceptors (Lipinski definition) is 5. The van der Waals surface area contributed by atoms with Crippen LogP contribution in [0, 0.1) is 23.7 Å². The van der Waals surface area contributed by atoms with Gasteiger partial charge in [0.05, 0.1) is 23.9 Å². The van der Waals surface area contributed by atoms with Crippen LogP contribution in [0.15, 0.2) is 41.3 Å². The summed E-state index contributed by atoms with van der Waals surface area (Å²) < 4.78 is 5.38. The number of allylic oxidation sites excluding steroid dienone is 2. The van der Waals surface area contributed by atoms with Crippen molar-refractivity contribution in [1.29, 1.82) is 0 Å². The molecule has 2 aliphatic carbocycles. The summed E-state index contributed by atoms with van der Waals surface area (Å²) >= 11 is 6.30. The van der Waals surface area contributed by atoms with E-state index in [1.807, 2.05) is 12.2 Å². The molecule has 1 aromatic carbocycles. The molecule has 2 amide bonds. The molecule has 23 heavy (non-hydrogen) atoms. The average molecular weight is 350 g/mol. The van der Waals surface area contributed by atoms with Gasteiger partial charge >= 0.3 is 0 Å². The minimum Gasteiger partial charge on any atom is -0.276 e. The number of benzene rings is 1. The first kappa shape index (κ1) is 14.9. The first-order valence-electron chi connectivity index (χ1n) is 7.27. The van der Waals surface area contributed by atoms with Crippen molar-refractivity contribution in [2.45, 2.75) is 11.3 Å². The van der Waals surface area contributed by atoms with Gasteiger partial charge < -0.3 is 0 Å². The molecule has 2 bridgehead atoms. The Bertz CT molecular complexity index is 702. The minimum atomic E-state index is -0.539. The molecule has 5 nitrogen and oxygen atoms in total. The molecule has 7 heteroatoms. The van der Waals surface area contributed by atoms with Gasteiger partial charge in [0.15, 0.2) is 0 Å². The number of nitrogens with zero attached hydrogens (tertiary/aromatic N) is 1. The van der Waals surface area contributed by atoms with Gasteiger partial charge in [0.2, 0.25) is 0 Å². The topological polar surface area (TPSA) is 63.7 Å². The summed E-state index contributed by atoms with van der Waals surface area (Å²) in [6.45, 7) is 0. The van der Waals surface area contributed by atoms with Crippen molar-refractivity contribution >= 4 is 40.7 Å². The summed E-state index contributed by atoms with van der Waals surface area (Å²) in [4.78, 5) is 36.5. The molecule has 1 heterocycles. The van der Waals surface area contributed by atoms with Gasteiger partial charge in [-0.05, 0) is 54.1 Å². The molecule has 4 unspecified atom stereocenters. The normalized spacial score (nSPS) is 31.1. The third-order valence-corrected chi connectivity index (χ3v) is 5.63. The number of rotatable bonds is 4. The number of halogens is 1. The first-order valence-corrected chi connectivity index (χ1v) is 8.39. The third-order valence-electron chi connectivity index (χ3n) is 4.72. The molecular formula is C16H12ClNO4S. The van der Waals surface area contributed by atoms with Crippen LogP contribution in [0.4, 0.5) is 0 Å². The zero-order valence-corrected chi connectivity index (χ0v) is 13.4. The molecule has 1 aromatic rings. The Morgan fingerprint density at radius 2 is 1.65 bits per heavy atom. The van der Waals surface area contributed by atoms with E-state index in [1.165, 1.54) is 0 Å². The average Bonchev–Trinajstić information content (AvgIpc) is 3.21. The van der Waals surface area contributed by atoms with Crippen LogP contribution >= 0.6 is 23.6 Å². The van der Waals surface area contributed by atoms with Gasteiger partial charge in [0.25, 0.3) is 17.1 Å². The second kappa shape index (κ2) is 5.47. The molecule has 0 spiro atoms. The summed E-state index contributed by atoms with van der Waals surface area (Å²) in [6.07, 6.45) is 4.97. The van der Waals surface area contributed by atoms with E-state index in [1.54, 1.807) is 24.3 Å². The Labute approximate surface area is 141 Å². The highest BCUT2D eigenvalue weighted by atomic mass is 35.5. The van der Waals surface area contributed by atoms with E-state index >= 15 is 0 Å². The number of carbonyl (C=O) groups is 3. The zero-order valence-electron chi connectivity index (χ0n) is 11.8. The number of hydrogen-bond donors (Lipinski definition) is 0. The van der Waals surface area contributed by atoms with E-state index in [4.69, 9.17) is 15.9 Å². The molecule has 1 aliphatic heterocycles. The quantitative estimate of drug-likeness (QED) is 0.362. The van der Waals surface area contributed by atoms with Gasteiger partial charge in [-0.15, -0.1) is 5.06 Å². The van der Waals surface area contributed by atoms with Crippen LogP contribution < -0.4 is 0 Å². The maximum Gasteiger partial charge on any atom is 0.259 e. The van der Waals surface area contributed by atoms with Gasteiger partial charge in [-0.1, -0.05) is 12.2 Å². The number of fused-ring (bicyclic) bond motifs is 5. The van der Waals surface area contributed by atoms with E-state index in [0.29, 0.717) is 10.5 Å². The van der Waals surface area contributed by atoms with Gasteiger partial charge in [0.1, 0.15) is 0 Å². The maximum atomic E-state index is 12.4. The molecule has 1 saturated heterocycles. The summed E-state index contributed by atoms with van der Waals surface area (Å²) in [5.74, 6) is -0.722. The fraction of sp³-hybridized carbons (Fsp3) is 0.312. The molecule has 4 rings (SSSR count). The van der Waals surface area contributed by atoms with Crippen molar-refractivity contribution in [3.05, 3.63) is 42.0 Å². The second-order valence-electron chi connectivity index (χ2n) is 5.93. The van der Waals surface area contributed by atoms with Crippen LogP contribution in [-0.4, -0.2) is 22.1 Å². The summed E-state index contributed by atoms with van der Waals surface area (Å²) in [5.41, 5.74) is 0.376. The molecule has 0 aromatic heterocycles. The van der Waals surface area contributed by atoms with E-state index < -0.39 is 5.24 Å². The third kappa shape index (κ3) is 2.33. The van der Waals surface area contributed by atoms with Crippen LogP contribution in [0.25, 0.3) is 0 Å². The Morgan fingerprint density at radius 1 is 1.09 bits per heavy atom. The van der Waals surface area contributed by atoms with E-state index in [0.717, 1.165) is 23.5 Å². The predicted molar refractivity (Wildman–Crippen MR) is 83.1 cm³/mol. The highest BCUT2D eigenvalue weighted by Crippen LogP contribution is 2.52. The Hall–Kier alpha value is -1.63. The predicted octanol–water partition coefficient (Wildman–Crippen LogP) is 2.81. The van der Waals surface area contributed by atoms with Crippen LogP contribution in [0.2, 0.25) is 0 Å². The van der Waals surface area contributed by atoms with Crippen LogP contribution in [0.3, 0.4) is 0 Å². The van der Waals surface area contributed by atoms with Crippen molar-refractivity contribution < 1.29 is 18.7 Å². The molecule has 0 N–H and O–H groups in total. The fourth-order valence-corrected chi connectivity index (χ4v) is 4.35. The SMILES string of the molecule is O=C(Cl)c1ccc(SON2C(=O)C3C4C=CC(C4)C3C2=O)cc1. The molecule has 4 atom stereocenters. The Balaban J connectivity index is 1.45. The van der Waals surface area contributed by atoms with E-state index in [9.17, 15) is 14.4 Å². The molecule has 0 radical (unpaired) electrons. The number of carbonyl (C=O) groups excluding carboxylic acids is 3. The van der Waals surface area contributed by atoms with Gasteiger partial charge in [-0.25, -0.2) is 0 Å². The lowest BCUT2D eigenvalue weighted by Crippen LogP contribution is -2.31. The van der Waals surface area contributed by atoms with Crippen molar-refractivity contribution in [1.82, 2.24) is 5.06 Å².